The van der Waals surface area contributed by atoms with E-state index in [1.807, 2.05) is 45.0 Å². The van der Waals surface area contributed by atoms with Crippen LogP contribution in [0.25, 0.3) is 22.6 Å². The van der Waals surface area contributed by atoms with Crippen molar-refractivity contribution in [1.82, 2.24) is 4.98 Å². The van der Waals surface area contributed by atoms with Crippen molar-refractivity contribution in [1.29, 1.82) is 0 Å². The third-order valence-electron chi connectivity index (χ3n) is 4.55. The van der Waals surface area contributed by atoms with Gasteiger partial charge in [-0.15, -0.1) is 0 Å². The second-order valence-corrected chi connectivity index (χ2v) is 7.40. The number of amides is 1. The van der Waals surface area contributed by atoms with E-state index in [4.69, 9.17) is 16.0 Å². The van der Waals surface area contributed by atoms with Crippen LogP contribution in [0, 0.1) is 20.8 Å². The van der Waals surface area contributed by atoms with E-state index in [0.717, 1.165) is 22.3 Å². The molecular formula is C23H19ClN2O2. The van der Waals surface area contributed by atoms with Crippen LogP contribution >= 0.6 is 11.6 Å². The third-order valence-corrected chi connectivity index (χ3v) is 4.96. The number of halogens is 1. The number of fused-ring (bicyclic) bond motifs is 1. The van der Waals surface area contributed by atoms with Crippen LogP contribution in [0.3, 0.4) is 0 Å². The van der Waals surface area contributed by atoms with Crippen LogP contribution in [-0.4, -0.2) is 10.9 Å². The molecule has 0 saturated heterocycles. The van der Waals surface area contributed by atoms with Gasteiger partial charge in [-0.3, -0.25) is 4.79 Å². The highest BCUT2D eigenvalue weighted by Gasteiger charge is 2.12. The number of anilines is 1. The maximum atomic E-state index is 12.5. The standard InChI is InChI=1S/C23H19ClN2O2/c1-13-8-14(2)10-17(9-13)23-26-20-12-18(6-7-21(20)28-23)25-22(27)16-5-4-15(3)19(24)11-16/h4-12H,1-3H3,(H,25,27). The van der Waals surface area contributed by atoms with E-state index in [0.29, 0.717) is 33.3 Å². The molecule has 0 aliphatic carbocycles. The predicted molar refractivity (Wildman–Crippen MR) is 113 cm³/mol. The lowest BCUT2D eigenvalue weighted by Gasteiger charge is -2.06. The lowest BCUT2D eigenvalue weighted by Crippen LogP contribution is -2.11. The van der Waals surface area contributed by atoms with E-state index in [9.17, 15) is 4.79 Å². The topological polar surface area (TPSA) is 55.1 Å². The molecule has 1 heterocycles. The van der Waals surface area contributed by atoms with Gasteiger partial charge in [0.05, 0.1) is 0 Å². The summed E-state index contributed by atoms with van der Waals surface area (Å²) < 4.78 is 5.90. The molecule has 1 aromatic heterocycles. The summed E-state index contributed by atoms with van der Waals surface area (Å²) in [6.07, 6.45) is 0. The van der Waals surface area contributed by atoms with Crippen molar-refractivity contribution < 1.29 is 9.21 Å². The van der Waals surface area contributed by atoms with Gasteiger partial charge in [0.2, 0.25) is 5.89 Å². The lowest BCUT2D eigenvalue weighted by molar-refractivity contribution is 0.102. The highest BCUT2D eigenvalue weighted by atomic mass is 35.5. The second kappa shape index (κ2) is 7.13. The number of carbonyl (C=O) groups is 1. The molecule has 4 aromatic rings. The molecule has 4 rings (SSSR count). The maximum absolute atomic E-state index is 12.5. The van der Waals surface area contributed by atoms with Crippen LogP contribution in [0.4, 0.5) is 5.69 Å². The fourth-order valence-corrected chi connectivity index (χ4v) is 3.34. The van der Waals surface area contributed by atoms with Crippen molar-refractivity contribution in [2.24, 2.45) is 0 Å². The Bertz CT molecular complexity index is 1190. The molecular weight excluding hydrogens is 372 g/mol. The molecule has 0 aliphatic rings. The fourth-order valence-electron chi connectivity index (χ4n) is 3.16. The highest BCUT2D eigenvalue weighted by Crippen LogP contribution is 2.28. The first-order valence-electron chi connectivity index (χ1n) is 8.96. The largest absolute Gasteiger partial charge is 0.436 e. The normalized spacial score (nSPS) is 11.0. The van der Waals surface area contributed by atoms with E-state index < -0.39 is 0 Å². The summed E-state index contributed by atoms with van der Waals surface area (Å²) >= 11 is 6.12. The van der Waals surface area contributed by atoms with Gasteiger partial charge in [-0.1, -0.05) is 34.9 Å². The molecule has 3 aromatic carbocycles. The minimum absolute atomic E-state index is 0.223. The van der Waals surface area contributed by atoms with Gasteiger partial charge in [-0.25, -0.2) is 4.98 Å². The van der Waals surface area contributed by atoms with E-state index in [1.54, 1.807) is 24.3 Å². The van der Waals surface area contributed by atoms with Gasteiger partial charge in [-0.05, 0) is 68.8 Å². The second-order valence-electron chi connectivity index (χ2n) is 7.00. The first kappa shape index (κ1) is 18.3. The smallest absolute Gasteiger partial charge is 0.255 e. The fraction of sp³-hybridized carbons (Fsp3) is 0.130. The van der Waals surface area contributed by atoms with Gasteiger partial charge in [0.1, 0.15) is 5.52 Å². The number of carbonyl (C=O) groups excluding carboxylic acids is 1. The van der Waals surface area contributed by atoms with E-state index in [1.165, 1.54) is 0 Å². The molecule has 0 fully saturated rings. The molecule has 0 saturated carbocycles. The Morgan fingerprint density at radius 1 is 0.964 bits per heavy atom. The summed E-state index contributed by atoms with van der Waals surface area (Å²) in [4.78, 5) is 17.1. The Morgan fingerprint density at radius 3 is 2.43 bits per heavy atom. The molecule has 1 N–H and O–H groups in total. The number of hydrogen-bond acceptors (Lipinski definition) is 3. The molecule has 5 heteroatoms. The quantitative estimate of drug-likeness (QED) is 0.445. The Morgan fingerprint density at radius 2 is 1.71 bits per heavy atom. The third kappa shape index (κ3) is 3.64. The number of nitrogens with one attached hydrogen (secondary N) is 1. The number of oxazole rings is 1. The van der Waals surface area contributed by atoms with Gasteiger partial charge in [-0.2, -0.15) is 0 Å². The molecule has 1 amide bonds. The van der Waals surface area contributed by atoms with Crippen molar-refractivity contribution >= 4 is 34.3 Å². The summed E-state index contributed by atoms with van der Waals surface area (Å²) in [5.74, 6) is 0.342. The van der Waals surface area contributed by atoms with E-state index in [-0.39, 0.29) is 5.91 Å². The van der Waals surface area contributed by atoms with Gasteiger partial charge < -0.3 is 9.73 Å². The molecule has 0 unspecified atom stereocenters. The van der Waals surface area contributed by atoms with Gasteiger partial charge >= 0.3 is 0 Å². The van der Waals surface area contributed by atoms with Crippen molar-refractivity contribution in [3.05, 3.63) is 81.9 Å². The van der Waals surface area contributed by atoms with Crippen LogP contribution in [0.1, 0.15) is 27.0 Å². The SMILES string of the molecule is Cc1cc(C)cc(-c2nc3cc(NC(=O)c4ccc(C)c(Cl)c4)ccc3o2)c1. The zero-order valence-corrected chi connectivity index (χ0v) is 16.6. The predicted octanol–water partition coefficient (Wildman–Crippen LogP) is 6.33. The molecule has 0 spiro atoms. The Labute approximate surface area is 168 Å². The number of aryl methyl sites for hydroxylation is 3. The van der Waals surface area contributed by atoms with Gasteiger partial charge in [0, 0.05) is 21.8 Å². The van der Waals surface area contributed by atoms with E-state index >= 15 is 0 Å². The molecule has 140 valence electrons. The average molecular weight is 391 g/mol. The first-order valence-corrected chi connectivity index (χ1v) is 9.33. The average Bonchev–Trinajstić information content (AvgIpc) is 3.06. The van der Waals surface area contributed by atoms with Crippen LogP contribution in [0.2, 0.25) is 5.02 Å². The van der Waals surface area contributed by atoms with Crippen LogP contribution in [0.15, 0.2) is 59.0 Å². The Kier molecular flexibility index (Phi) is 4.65. The molecule has 28 heavy (non-hydrogen) atoms. The minimum Gasteiger partial charge on any atom is -0.436 e. The Balaban J connectivity index is 1.62. The van der Waals surface area contributed by atoms with Crippen molar-refractivity contribution in [2.75, 3.05) is 5.32 Å². The number of nitrogens with zero attached hydrogens (tertiary/aromatic N) is 1. The molecule has 0 atom stereocenters. The lowest BCUT2D eigenvalue weighted by atomic mass is 10.1. The summed E-state index contributed by atoms with van der Waals surface area (Å²) in [7, 11) is 0. The van der Waals surface area contributed by atoms with Crippen molar-refractivity contribution in [3.63, 3.8) is 0 Å². The number of aromatic nitrogens is 1. The first-order chi connectivity index (χ1) is 13.4. The number of benzene rings is 3. The molecule has 4 nitrogen and oxygen atoms in total. The highest BCUT2D eigenvalue weighted by molar-refractivity contribution is 6.31. The summed E-state index contributed by atoms with van der Waals surface area (Å²) in [6, 6.07) is 16.9. The minimum atomic E-state index is -0.223. The monoisotopic (exact) mass is 390 g/mol. The van der Waals surface area contributed by atoms with Crippen LogP contribution in [-0.2, 0) is 0 Å². The summed E-state index contributed by atoms with van der Waals surface area (Å²) in [6.45, 7) is 5.99. The summed E-state index contributed by atoms with van der Waals surface area (Å²) in [5, 5.41) is 3.45. The van der Waals surface area contributed by atoms with Crippen molar-refractivity contribution in [2.45, 2.75) is 20.8 Å². The van der Waals surface area contributed by atoms with Gasteiger partial charge in [0.15, 0.2) is 5.58 Å². The number of rotatable bonds is 3. The van der Waals surface area contributed by atoms with Gasteiger partial charge in [0.25, 0.3) is 5.91 Å². The molecule has 0 radical (unpaired) electrons. The van der Waals surface area contributed by atoms with Crippen LogP contribution < -0.4 is 5.32 Å². The summed E-state index contributed by atoms with van der Waals surface area (Å²) in [5.41, 5.74) is 6.69. The Hall–Kier alpha value is -3.11. The van der Waals surface area contributed by atoms with Crippen molar-refractivity contribution in [3.8, 4) is 11.5 Å². The molecule has 0 bridgehead atoms. The van der Waals surface area contributed by atoms with Crippen LogP contribution in [0.5, 0.6) is 0 Å². The number of hydrogen-bond donors (Lipinski definition) is 1. The van der Waals surface area contributed by atoms with E-state index in [2.05, 4.69) is 16.4 Å². The molecule has 0 aliphatic heterocycles. The maximum Gasteiger partial charge on any atom is 0.255 e. The zero-order valence-electron chi connectivity index (χ0n) is 15.8. The zero-order chi connectivity index (χ0) is 19.8.